The number of aryl methyl sites for hydroxylation is 4. The van der Waals surface area contributed by atoms with Gasteiger partial charge in [0.05, 0.1) is 5.69 Å². The average Bonchev–Trinajstić information content (AvgIpc) is 2.82. The van der Waals surface area contributed by atoms with Crippen LogP contribution >= 0.6 is 0 Å². The highest BCUT2D eigenvalue weighted by Crippen LogP contribution is 2.23. The first-order valence-electron chi connectivity index (χ1n) is 6.35. The Morgan fingerprint density at radius 3 is 2.61 bits per heavy atom. The second kappa shape index (κ2) is 4.98. The zero-order valence-corrected chi connectivity index (χ0v) is 11.5. The summed E-state index contributed by atoms with van der Waals surface area (Å²) in [5.41, 5.74) is 9.62. The smallest absolute Gasteiger partial charge is 0.105 e. The zero-order chi connectivity index (χ0) is 13.3. The van der Waals surface area contributed by atoms with Crippen LogP contribution in [0, 0.1) is 13.8 Å². The largest absolute Gasteiger partial charge is 0.466 e. The fourth-order valence-electron chi connectivity index (χ4n) is 2.29. The molecule has 1 atom stereocenters. The maximum Gasteiger partial charge on any atom is 0.105 e. The molecule has 0 aliphatic rings. The van der Waals surface area contributed by atoms with Gasteiger partial charge in [-0.1, -0.05) is 6.92 Å². The summed E-state index contributed by atoms with van der Waals surface area (Å²) in [5.74, 6) is 1.83. The fraction of sp³-hybridized carbons (Fsp3) is 0.500. The van der Waals surface area contributed by atoms with Gasteiger partial charge >= 0.3 is 0 Å². The van der Waals surface area contributed by atoms with Crippen LogP contribution in [0.5, 0.6) is 0 Å². The summed E-state index contributed by atoms with van der Waals surface area (Å²) in [6.45, 7) is 6.01. The molecule has 0 fully saturated rings. The van der Waals surface area contributed by atoms with Gasteiger partial charge in [0, 0.05) is 30.8 Å². The Morgan fingerprint density at radius 1 is 1.39 bits per heavy atom. The van der Waals surface area contributed by atoms with E-state index < -0.39 is 0 Å². The summed E-state index contributed by atoms with van der Waals surface area (Å²) in [6.07, 6.45) is 1.73. The van der Waals surface area contributed by atoms with Crippen molar-refractivity contribution in [2.75, 3.05) is 0 Å². The summed E-state index contributed by atoms with van der Waals surface area (Å²) in [7, 11) is 1.97. The summed E-state index contributed by atoms with van der Waals surface area (Å²) in [6, 6.07) is 4.11. The van der Waals surface area contributed by atoms with E-state index in [0.717, 1.165) is 41.3 Å². The highest BCUT2D eigenvalue weighted by molar-refractivity contribution is 5.25. The number of hydrogen-bond acceptors (Lipinski definition) is 3. The Balaban J connectivity index is 2.18. The van der Waals surface area contributed by atoms with Crippen LogP contribution in [0.1, 0.15) is 41.4 Å². The second-order valence-electron chi connectivity index (χ2n) is 4.78. The van der Waals surface area contributed by atoms with Gasteiger partial charge in [-0.05, 0) is 32.4 Å². The topological polar surface area (TPSA) is 57.0 Å². The first-order chi connectivity index (χ1) is 8.51. The standard InChI is InChI=1S/C14H21N3O/c1-5-11-7-12(17(4)16-11)8-14(15)13-6-9(2)18-10(13)3/h6-7,14H,5,8,15H2,1-4H3. The molecule has 0 radical (unpaired) electrons. The Morgan fingerprint density at radius 2 is 2.11 bits per heavy atom. The molecule has 4 heteroatoms. The second-order valence-corrected chi connectivity index (χ2v) is 4.78. The van der Waals surface area contributed by atoms with Crippen molar-refractivity contribution >= 4 is 0 Å². The monoisotopic (exact) mass is 247 g/mol. The van der Waals surface area contributed by atoms with Crippen LogP contribution in [-0.4, -0.2) is 9.78 Å². The molecule has 0 saturated carbocycles. The lowest BCUT2D eigenvalue weighted by Crippen LogP contribution is -2.15. The SMILES string of the molecule is CCc1cc(CC(N)c2cc(C)oc2C)n(C)n1. The molecule has 0 aromatic carbocycles. The third kappa shape index (κ3) is 2.48. The van der Waals surface area contributed by atoms with Crippen LogP contribution in [-0.2, 0) is 19.9 Å². The van der Waals surface area contributed by atoms with Crippen LogP contribution in [0.3, 0.4) is 0 Å². The Hall–Kier alpha value is -1.55. The van der Waals surface area contributed by atoms with Crippen molar-refractivity contribution in [3.8, 4) is 0 Å². The van der Waals surface area contributed by atoms with Gasteiger partial charge in [0.1, 0.15) is 11.5 Å². The Kier molecular flexibility index (Phi) is 3.57. The van der Waals surface area contributed by atoms with Crippen molar-refractivity contribution in [3.05, 3.63) is 40.6 Å². The average molecular weight is 247 g/mol. The molecule has 0 amide bonds. The number of furan rings is 1. The van der Waals surface area contributed by atoms with Gasteiger partial charge in [-0.25, -0.2) is 0 Å². The molecule has 1 unspecified atom stereocenters. The summed E-state index contributed by atoms with van der Waals surface area (Å²) >= 11 is 0. The maximum atomic E-state index is 6.26. The molecule has 0 aliphatic carbocycles. The first kappa shape index (κ1) is 12.9. The van der Waals surface area contributed by atoms with Gasteiger partial charge in [0.15, 0.2) is 0 Å². The van der Waals surface area contributed by atoms with Crippen LogP contribution in [0.15, 0.2) is 16.5 Å². The number of hydrogen-bond donors (Lipinski definition) is 1. The minimum Gasteiger partial charge on any atom is -0.466 e. The summed E-state index contributed by atoms with van der Waals surface area (Å²) in [4.78, 5) is 0. The molecule has 0 aliphatic heterocycles. The van der Waals surface area contributed by atoms with E-state index in [1.807, 2.05) is 31.6 Å². The quantitative estimate of drug-likeness (QED) is 0.902. The van der Waals surface area contributed by atoms with E-state index in [-0.39, 0.29) is 6.04 Å². The fourth-order valence-corrected chi connectivity index (χ4v) is 2.29. The molecular formula is C14H21N3O. The number of nitrogens with zero attached hydrogens (tertiary/aromatic N) is 2. The highest BCUT2D eigenvalue weighted by Gasteiger charge is 2.16. The third-order valence-electron chi connectivity index (χ3n) is 3.30. The predicted octanol–water partition coefficient (Wildman–Crippen LogP) is 2.43. The normalized spacial score (nSPS) is 12.9. The minimum absolute atomic E-state index is 0.0393. The van der Waals surface area contributed by atoms with Crippen LogP contribution < -0.4 is 5.73 Å². The lowest BCUT2D eigenvalue weighted by molar-refractivity contribution is 0.496. The van der Waals surface area contributed by atoms with Crippen LogP contribution in [0.2, 0.25) is 0 Å². The van der Waals surface area contributed by atoms with E-state index in [9.17, 15) is 0 Å². The summed E-state index contributed by atoms with van der Waals surface area (Å²) in [5, 5.41) is 4.44. The molecule has 0 spiro atoms. The van der Waals surface area contributed by atoms with E-state index >= 15 is 0 Å². The molecule has 0 bridgehead atoms. The molecule has 2 N–H and O–H groups in total. The van der Waals surface area contributed by atoms with Gasteiger partial charge < -0.3 is 10.2 Å². The molecule has 2 rings (SSSR count). The van der Waals surface area contributed by atoms with Crippen molar-refractivity contribution in [3.63, 3.8) is 0 Å². The van der Waals surface area contributed by atoms with Crippen LogP contribution in [0.25, 0.3) is 0 Å². The van der Waals surface area contributed by atoms with E-state index in [1.54, 1.807) is 0 Å². The highest BCUT2D eigenvalue weighted by atomic mass is 16.3. The molecule has 2 aromatic rings. The third-order valence-corrected chi connectivity index (χ3v) is 3.30. The number of rotatable bonds is 4. The number of aromatic nitrogens is 2. The molecule has 2 heterocycles. The molecule has 2 aromatic heterocycles. The van der Waals surface area contributed by atoms with Crippen molar-refractivity contribution in [2.45, 2.75) is 39.7 Å². The Bertz CT molecular complexity index is 539. The Labute approximate surface area is 108 Å². The van der Waals surface area contributed by atoms with Gasteiger partial charge in [0.25, 0.3) is 0 Å². The van der Waals surface area contributed by atoms with E-state index in [1.165, 1.54) is 0 Å². The van der Waals surface area contributed by atoms with Gasteiger partial charge in [-0.2, -0.15) is 5.10 Å². The minimum atomic E-state index is -0.0393. The van der Waals surface area contributed by atoms with Crippen molar-refractivity contribution in [2.24, 2.45) is 12.8 Å². The lowest BCUT2D eigenvalue weighted by atomic mass is 10.0. The van der Waals surface area contributed by atoms with E-state index in [4.69, 9.17) is 10.2 Å². The van der Waals surface area contributed by atoms with Crippen LogP contribution in [0.4, 0.5) is 0 Å². The van der Waals surface area contributed by atoms with E-state index in [2.05, 4.69) is 18.1 Å². The number of nitrogens with two attached hydrogens (primary N) is 1. The summed E-state index contributed by atoms with van der Waals surface area (Å²) < 4.78 is 7.45. The van der Waals surface area contributed by atoms with E-state index in [0.29, 0.717) is 0 Å². The lowest BCUT2D eigenvalue weighted by Gasteiger charge is -2.10. The van der Waals surface area contributed by atoms with Gasteiger partial charge in [-0.15, -0.1) is 0 Å². The molecule has 98 valence electrons. The van der Waals surface area contributed by atoms with Crippen molar-refractivity contribution in [1.29, 1.82) is 0 Å². The molecular weight excluding hydrogens is 226 g/mol. The zero-order valence-electron chi connectivity index (χ0n) is 11.5. The first-order valence-corrected chi connectivity index (χ1v) is 6.35. The predicted molar refractivity (Wildman–Crippen MR) is 71.4 cm³/mol. The van der Waals surface area contributed by atoms with Gasteiger partial charge in [0.2, 0.25) is 0 Å². The maximum absolute atomic E-state index is 6.26. The van der Waals surface area contributed by atoms with Crippen molar-refractivity contribution < 1.29 is 4.42 Å². The molecule has 0 saturated heterocycles. The molecule has 4 nitrogen and oxygen atoms in total. The molecule has 18 heavy (non-hydrogen) atoms. The van der Waals surface area contributed by atoms with Crippen molar-refractivity contribution in [1.82, 2.24) is 9.78 Å². The van der Waals surface area contributed by atoms with Gasteiger partial charge in [-0.3, -0.25) is 4.68 Å².